The summed E-state index contributed by atoms with van der Waals surface area (Å²) in [5, 5.41) is 5.84. The third-order valence-corrected chi connectivity index (χ3v) is 3.84. The molecule has 0 bridgehead atoms. The molecular weight excluding hydrogens is 356 g/mol. The molecule has 0 atom stereocenters. The Morgan fingerprint density at radius 1 is 1.19 bits per heavy atom. The van der Waals surface area contributed by atoms with Gasteiger partial charge in [-0.15, -0.1) is 0 Å². The van der Waals surface area contributed by atoms with E-state index in [0.29, 0.717) is 34.4 Å². The highest BCUT2D eigenvalue weighted by molar-refractivity contribution is 6.32. The number of benzene rings is 2. The van der Waals surface area contributed by atoms with Crippen LogP contribution in [0.2, 0.25) is 5.02 Å². The number of ether oxygens (including phenoxy) is 2. The summed E-state index contributed by atoms with van der Waals surface area (Å²) in [6, 6.07) is 9.82. The molecule has 0 fully saturated rings. The third-order valence-electron chi connectivity index (χ3n) is 3.56. The van der Waals surface area contributed by atoms with Crippen LogP contribution in [0, 0.1) is 0 Å². The number of carbonyl (C=O) groups excluding carboxylic acids is 2. The lowest BCUT2D eigenvalue weighted by atomic mass is 10.1. The van der Waals surface area contributed by atoms with Crippen molar-refractivity contribution >= 4 is 29.1 Å². The Balaban J connectivity index is 2.02. The van der Waals surface area contributed by atoms with Gasteiger partial charge in [0.05, 0.1) is 18.7 Å². The average Bonchev–Trinajstić information content (AvgIpc) is 2.62. The number of nitrogens with one attached hydrogen (secondary N) is 2. The number of rotatable bonds is 7. The van der Waals surface area contributed by atoms with E-state index >= 15 is 0 Å². The molecule has 0 radical (unpaired) electrons. The van der Waals surface area contributed by atoms with Crippen LogP contribution in [-0.2, 0) is 6.54 Å². The summed E-state index contributed by atoms with van der Waals surface area (Å²) in [4.78, 5) is 23.5. The molecule has 0 saturated heterocycles. The monoisotopic (exact) mass is 376 g/mol. The smallest absolute Gasteiger partial charge is 0.319 e. The van der Waals surface area contributed by atoms with Crippen molar-refractivity contribution in [3.63, 3.8) is 0 Å². The number of carbonyl (C=O) groups is 2. The maximum atomic E-state index is 12.1. The molecule has 2 aromatic carbocycles. The standard InChI is InChI=1S/C19H21ClN2O4/c1-4-26-18-16(20)8-13(9-17(18)25-3)11-21-19(24)22-15-7-5-6-14(10-15)12(2)23/h5-10H,4,11H2,1-3H3,(H2,21,22,24). The molecule has 2 N–H and O–H groups in total. The summed E-state index contributed by atoms with van der Waals surface area (Å²) in [6.45, 7) is 4.05. The zero-order chi connectivity index (χ0) is 19.1. The predicted molar refractivity (Wildman–Crippen MR) is 101 cm³/mol. The average molecular weight is 377 g/mol. The van der Waals surface area contributed by atoms with Gasteiger partial charge in [-0.2, -0.15) is 0 Å². The topological polar surface area (TPSA) is 76.7 Å². The van der Waals surface area contributed by atoms with Gasteiger partial charge in [0.25, 0.3) is 0 Å². The molecule has 6 nitrogen and oxygen atoms in total. The molecular formula is C19H21ClN2O4. The van der Waals surface area contributed by atoms with E-state index in [-0.39, 0.29) is 12.3 Å². The second kappa shape index (κ2) is 9.10. The van der Waals surface area contributed by atoms with Gasteiger partial charge in [0.1, 0.15) is 0 Å². The number of halogens is 1. The van der Waals surface area contributed by atoms with Crippen LogP contribution in [0.15, 0.2) is 36.4 Å². The first-order valence-electron chi connectivity index (χ1n) is 8.09. The Hall–Kier alpha value is -2.73. The Labute approximate surface area is 157 Å². The van der Waals surface area contributed by atoms with E-state index in [0.717, 1.165) is 5.56 Å². The normalized spacial score (nSPS) is 10.2. The van der Waals surface area contributed by atoms with Crippen LogP contribution in [0.25, 0.3) is 0 Å². The minimum Gasteiger partial charge on any atom is -0.493 e. The van der Waals surface area contributed by atoms with Crippen molar-refractivity contribution in [3.8, 4) is 11.5 Å². The molecule has 0 saturated carbocycles. The molecule has 0 unspecified atom stereocenters. The molecule has 0 heterocycles. The van der Waals surface area contributed by atoms with Crippen molar-refractivity contribution in [1.82, 2.24) is 5.32 Å². The molecule has 0 aliphatic heterocycles. The van der Waals surface area contributed by atoms with Gasteiger partial charge < -0.3 is 20.1 Å². The van der Waals surface area contributed by atoms with Crippen LogP contribution < -0.4 is 20.1 Å². The van der Waals surface area contributed by atoms with Crippen LogP contribution in [0.5, 0.6) is 11.5 Å². The van der Waals surface area contributed by atoms with Gasteiger partial charge in [-0.25, -0.2) is 4.79 Å². The van der Waals surface area contributed by atoms with E-state index in [2.05, 4.69) is 10.6 Å². The Kier molecular flexibility index (Phi) is 6.86. The van der Waals surface area contributed by atoms with Crippen molar-refractivity contribution in [2.24, 2.45) is 0 Å². The molecule has 138 valence electrons. The predicted octanol–water partition coefficient (Wildman–Crippen LogP) is 4.27. The van der Waals surface area contributed by atoms with E-state index in [1.807, 2.05) is 6.92 Å². The molecule has 7 heteroatoms. The van der Waals surface area contributed by atoms with Crippen LogP contribution in [-0.4, -0.2) is 25.5 Å². The second-order valence-electron chi connectivity index (χ2n) is 5.49. The number of hydrogen-bond donors (Lipinski definition) is 2. The summed E-state index contributed by atoms with van der Waals surface area (Å²) in [5.41, 5.74) is 1.84. The van der Waals surface area contributed by atoms with Crippen molar-refractivity contribution < 1.29 is 19.1 Å². The Morgan fingerprint density at radius 3 is 2.62 bits per heavy atom. The fourth-order valence-electron chi connectivity index (χ4n) is 2.33. The first kappa shape index (κ1) is 19.6. The highest BCUT2D eigenvalue weighted by Gasteiger charge is 2.12. The highest BCUT2D eigenvalue weighted by Crippen LogP contribution is 2.36. The van der Waals surface area contributed by atoms with E-state index in [4.69, 9.17) is 21.1 Å². The number of methoxy groups -OCH3 is 1. The van der Waals surface area contributed by atoms with Crippen LogP contribution >= 0.6 is 11.6 Å². The van der Waals surface area contributed by atoms with Crippen molar-refractivity contribution in [2.45, 2.75) is 20.4 Å². The fourth-order valence-corrected chi connectivity index (χ4v) is 2.62. The van der Waals surface area contributed by atoms with Crippen molar-refractivity contribution in [2.75, 3.05) is 19.0 Å². The summed E-state index contributed by atoms with van der Waals surface area (Å²) >= 11 is 6.22. The molecule has 26 heavy (non-hydrogen) atoms. The van der Waals surface area contributed by atoms with Crippen LogP contribution in [0.1, 0.15) is 29.8 Å². The number of amides is 2. The Bertz CT molecular complexity index is 808. The van der Waals surface area contributed by atoms with Gasteiger partial charge in [0.15, 0.2) is 17.3 Å². The zero-order valence-corrected chi connectivity index (χ0v) is 15.6. The molecule has 2 amide bonds. The maximum absolute atomic E-state index is 12.1. The number of urea groups is 1. The molecule has 0 aromatic heterocycles. The lowest BCUT2D eigenvalue weighted by Gasteiger charge is -2.14. The molecule has 2 aromatic rings. The van der Waals surface area contributed by atoms with Crippen molar-refractivity contribution in [1.29, 1.82) is 0 Å². The van der Waals surface area contributed by atoms with Crippen molar-refractivity contribution in [3.05, 3.63) is 52.5 Å². The van der Waals surface area contributed by atoms with E-state index in [1.54, 1.807) is 36.4 Å². The van der Waals surface area contributed by atoms with E-state index in [9.17, 15) is 9.59 Å². The molecule has 2 rings (SSSR count). The summed E-state index contributed by atoms with van der Waals surface area (Å²) in [7, 11) is 1.53. The molecule has 0 aliphatic rings. The van der Waals surface area contributed by atoms with Gasteiger partial charge in [0, 0.05) is 17.8 Å². The largest absolute Gasteiger partial charge is 0.493 e. The second-order valence-corrected chi connectivity index (χ2v) is 5.89. The quantitative estimate of drug-likeness (QED) is 0.707. The minimum atomic E-state index is -0.394. The summed E-state index contributed by atoms with van der Waals surface area (Å²) < 4.78 is 10.8. The lowest BCUT2D eigenvalue weighted by Crippen LogP contribution is -2.28. The SMILES string of the molecule is CCOc1c(Cl)cc(CNC(=O)Nc2cccc(C(C)=O)c2)cc1OC. The van der Waals surface area contributed by atoms with Crippen LogP contribution in [0.3, 0.4) is 0 Å². The number of Topliss-reactive ketones (excluding diaryl/α,β-unsaturated/α-hetero) is 1. The summed E-state index contributed by atoms with van der Waals surface area (Å²) in [6.07, 6.45) is 0. The Morgan fingerprint density at radius 2 is 1.96 bits per heavy atom. The maximum Gasteiger partial charge on any atom is 0.319 e. The first-order chi connectivity index (χ1) is 12.4. The van der Waals surface area contributed by atoms with Gasteiger partial charge in [-0.1, -0.05) is 23.7 Å². The van der Waals surface area contributed by atoms with E-state index in [1.165, 1.54) is 14.0 Å². The zero-order valence-electron chi connectivity index (χ0n) is 14.9. The number of anilines is 1. The lowest BCUT2D eigenvalue weighted by molar-refractivity contribution is 0.101. The van der Waals surface area contributed by atoms with Gasteiger partial charge in [0.2, 0.25) is 0 Å². The van der Waals surface area contributed by atoms with Crippen LogP contribution in [0.4, 0.5) is 10.5 Å². The minimum absolute atomic E-state index is 0.0646. The number of ketones is 1. The highest BCUT2D eigenvalue weighted by atomic mass is 35.5. The van der Waals surface area contributed by atoms with Gasteiger partial charge in [-0.05, 0) is 43.7 Å². The number of hydrogen-bond acceptors (Lipinski definition) is 4. The molecule has 0 spiro atoms. The van der Waals surface area contributed by atoms with E-state index < -0.39 is 6.03 Å². The van der Waals surface area contributed by atoms with Gasteiger partial charge in [-0.3, -0.25) is 4.79 Å². The molecule has 0 aliphatic carbocycles. The van der Waals surface area contributed by atoms with Gasteiger partial charge >= 0.3 is 6.03 Å². The first-order valence-corrected chi connectivity index (χ1v) is 8.47. The summed E-state index contributed by atoms with van der Waals surface area (Å²) in [5.74, 6) is 0.918. The third kappa shape index (κ3) is 5.13. The fraction of sp³-hybridized carbons (Fsp3) is 0.263.